The van der Waals surface area contributed by atoms with Gasteiger partial charge in [0.2, 0.25) is 0 Å². The highest BCUT2D eigenvalue weighted by Gasteiger charge is 1.94. The van der Waals surface area contributed by atoms with E-state index in [-0.39, 0.29) is 0 Å². The lowest BCUT2D eigenvalue weighted by molar-refractivity contribution is 0.304. The van der Waals surface area contributed by atoms with Crippen molar-refractivity contribution in [1.29, 1.82) is 0 Å². The van der Waals surface area contributed by atoms with E-state index in [1.54, 1.807) is 0 Å². The molecule has 0 atom stereocenters. The average molecular weight is 313 g/mol. The minimum atomic E-state index is 0.844. The number of hydrogen-bond donors (Lipinski definition) is 0. The fourth-order valence-electron chi connectivity index (χ4n) is 1.96. The molecule has 1 nitrogen and oxygen atoms in total. The Morgan fingerprint density at radius 1 is 0.833 bits per heavy atom. The first kappa shape index (κ1) is 15.6. The molecule has 0 saturated carbocycles. The Balaban J connectivity index is 1.91. The maximum absolute atomic E-state index is 5.69. The van der Waals surface area contributed by atoms with Crippen molar-refractivity contribution in [2.24, 2.45) is 0 Å². The fraction of sp³-hybridized carbons (Fsp3) is 0.625. The molecule has 1 aromatic carbocycles. The van der Waals surface area contributed by atoms with Crippen LogP contribution < -0.4 is 4.74 Å². The minimum absolute atomic E-state index is 0.844. The van der Waals surface area contributed by atoms with Gasteiger partial charge in [-0.05, 0) is 30.7 Å². The van der Waals surface area contributed by atoms with Gasteiger partial charge in [0.05, 0.1) is 6.61 Å². The van der Waals surface area contributed by atoms with E-state index in [0.29, 0.717) is 0 Å². The maximum Gasteiger partial charge on any atom is 0.119 e. The van der Waals surface area contributed by atoms with Gasteiger partial charge in [0.15, 0.2) is 0 Å². The van der Waals surface area contributed by atoms with Gasteiger partial charge in [-0.15, -0.1) is 0 Å². The molecule has 0 unspecified atom stereocenters. The van der Waals surface area contributed by atoms with Crippen molar-refractivity contribution < 1.29 is 4.74 Å². The van der Waals surface area contributed by atoms with Crippen molar-refractivity contribution in [2.45, 2.75) is 58.3 Å². The number of hydrogen-bond acceptors (Lipinski definition) is 1. The molecule has 0 aromatic heterocycles. The summed E-state index contributed by atoms with van der Waals surface area (Å²) < 4.78 is 6.78. The summed E-state index contributed by atoms with van der Waals surface area (Å²) in [5.41, 5.74) is 0. The third-order valence-corrected chi connectivity index (χ3v) is 3.61. The normalized spacial score (nSPS) is 10.6. The molecule has 0 heterocycles. The summed E-state index contributed by atoms with van der Waals surface area (Å²) in [6.45, 7) is 3.11. The van der Waals surface area contributed by atoms with Crippen molar-refractivity contribution in [1.82, 2.24) is 0 Å². The monoisotopic (exact) mass is 312 g/mol. The summed E-state index contributed by atoms with van der Waals surface area (Å²) in [6, 6.07) is 8.05. The Morgan fingerprint density at radius 2 is 1.39 bits per heavy atom. The number of ether oxygens (including phenoxy) is 1. The predicted molar refractivity (Wildman–Crippen MR) is 82.2 cm³/mol. The smallest absolute Gasteiger partial charge is 0.119 e. The largest absolute Gasteiger partial charge is 0.494 e. The molecule has 1 aromatic rings. The van der Waals surface area contributed by atoms with Crippen LogP contribution in [0.1, 0.15) is 58.3 Å². The van der Waals surface area contributed by atoms with E-state index in [4.69, 9.17) is 4.74 Å². The second kappa shape index (κ2) is 10.4. The van der Waals surface area contributed by atoms with Crippen LogP contribution >= 0.6 is 15.9 Å². The fourth-order valence-corrected chi connectivity index (χ4v) is 2.22. The van der Waals surface area contributed by atoms with Gasteiger partial charge in [0.25, 0.3) is 0 Å². The van der Waals surface area contributed by atoms with Crippen LogP contribution in [0.25, 0.3) is 0 Å². The Bertz CT molecular complexity index is 294. The van der Waals surface area contributed by atoms with Gasteiger partial charge in [0, 0.05) is 4.47 Å². The zero-order valence-electron chi connectivity index (χ0n) is 11.5. The summed E-state index contributed by atoms with van der Waals surface area (Å²) in [5.74, 6) is 0.973. The summed E-state index contributed by atoms with van der Waals surface area (Å²) in [6.07, 6.45) is 10.7. The molecule has 0 N–H and O–H groups in total. The van der Waals surface area contributed by atoms with E-state index < -0.39 is 0 Å². The Labute approximate surface area is 120 Å². The van der Waals surface area contributed by atoms with Gasteiger partial charge in [-0.25, -0.2) is 0 Å². The van der Waals surface area contributed by atoms with Crippen LogP contribution in [0, 0.1) is 0 Å². The second-order valence-electron chi connectivity index (χ2n) is 4.78. The number of benzene rings is 1. The summed E-state index contributed by atoms with van der Waals surface area (Å²) in [5, 5.41) is 0. The standard InChI is InChI=1S/C16H25BrO/c1-2-3-4-5-6-7-8-9-14-18-16-12-10-15(17)11-13-16/h10-13H,2-9,14H2,1H3. The number of halogens is 1. The highest BCUT2D eigenvalue weighted by molar-refractivity contribution is 9.10. The highest BCUT2D eigenvalue weighted by Crippen LogP contribution is 2.16. The molecule has 2 heteroatoms. The summed E-state index contributed by atoms with van der Waals surface area (Å²) in [7, 11) is 0. The molecule has 0 saturated heterocycles. The molecular weight excluding hydrogens is 288 g/mol. The SMILES string of the molecule is CCCCCCCCCCOc1ccc(Br)cc1. The Kier molecular flexibility index (Phi) is 9.01. The molecule has 102 valence electrons. The minimum Gasteiger partial charge on any atom is -0.494 e. The van der Waals surface area contributed by atoms with Crippen molar-refractivity contribution in [3.8, 4) is 5.75 Å². The van der Waals surface area contributed by atoms with Crippen LogP contribution in [-0.4, -0.2) is 6.61 Å². The third-order valence-electron chi connectivity index (χ3n) is 3.08. The topological polar surface area (TPSA) is 9.23 Å². The van der Waals surface area contributed by atoms with E-state index in [2.05, 4.69) is 22.9 Å². The van der Waals surface area contributed by atoms with Gasteiger partial charge in [-0.2, -0.15) is 0 Å². The van der Waals surface area contributed by atoms with Gasteiger partial charge in [-0.3, -0.25) is 0 Å². The van der Waals surface area contributed by atoms with Crippen LogP contribution in [0.4, 0.5) is 0 Å². The molecule has 0 aliphatic heterocycles. The number of unbranched alkanes of at least 4 members (excludes halogenated alkanes) is 7. The molecule has 0 fully saturated rings. The maximum atomic E-state index is 5.69. The second-order valence-corrected chi connectivity index (χ2v) is 5.69. The zero-order chi connectivity index (χ0) is 13.1. The van der Waals surface area contributed by atoms with Crippen LogP contribution in [0.2, 0.25) is 0 Å². The lowest BCUT2D eigenvalue weighted by atomic mass is 10.1. The van der Waals surface area contributed by atoms with E-state index >= 15 is 0 Å². The highest BCUT2D eigenvalue weighted by atomic mass is 79.9. The summed E-state index contributed by atoms with van der Waals surface area (Å²) >= 11 is 3.42. The molecule has 0 aliphatic rings. The van der Waals surface area contributed by atoms with E-state index in [9.17, 15) is 0 Å². The van der Waals surface area contributed by atoms with Crippen molar-refractivity contribution >= 4 is 15.9 Å². The number of rotatable bonds is 10. The lowest BCUT2D eigenvalue weighted by Gasteiger charge is -2.06. The van der Waals surface area contributed by atoms with E-state index in [1.165, 1.54) is 51.4 Å². The molecular formula is C16H25BrO. The predicted octanol–water partition coefficient (Wildman–Crippen LogP) is 5.97. The first-order chi connectivity index (χ1) is 8.83. The average Bonchev–Trinajstić information content (AvgIpc) is 2.39. The molecule has 0 aliphatic carbocycles. The Morgan fingerprint density at radius 3 is 2.00 bits per heavy atom. The quantitative estimate of drug-likeness (QED) is 0.484. The van der Waals surface area contributed by atoms with Crippen molar-refractivity contribution in [3.05, 3.63) is 28.7 Å². The van der Waals surface area contributed by atoms with Crippen LogP contribution in [0.5, 0.6) is 5.75 Å². The molecule has 0 spiro atoms. The Hall–Kier alpha value is -0.500. The molecule has 0 radical (unpaired) electrons. The molecule has 18 heavy (non-hydrogen) atoms. The van der Waals surface area contributed by atoms with Crippen LogP contribution in [0.15, 0.2) is 28.7 Å². The first-order valence-electron chi connectivity index (χ1n) is 7.21. The van der Waals surface area contributed by atoms with Gasteiger partial charge >= 0.3 is 0 Å². The molecule has 1 rings (SSSR count). The van der Waals surface area contributed by atoms with Crippen molar-refractivity contribution in [2.75, 3.05) is 6.61 Å². The van der Waals surface area contributed by atoms with Gasteiger partial charge in [-0.1, -0.05) is 67.8 Å². The van der Waals surface area contributed by atoms with Crippen molar-refractivity contribution in [3.63, 3.8) is 0 Å². The summed E-state index contributed by atoms with van der Waals surface area (Å²) in [4.78, 5) is 0. The lowest BCUT2D eigenvalue weighted by Crippen LogP contribution is -1.96. The van der Waals surface area contributed by atoms with Crippen LogP contribution in [0.3, 0.4) is 0 Å². The zero-order valence-corrected chi connectivity index (χ0v) is 13.0. The third kappa shape index (κ3) is 7.75. The molecule has 0 amide bonds. The van der Waals surface area contributed by atoms with Gasteiger partial charge in [0.1, 0.15) is 5.75 Å². The van der Waals surface area contributed by atoms with E-state index in [0.717, 1.165) is 16.8 Å². The van der Waals surface area contributed by atoms with E-state index in [1.807, 2.05) is 24.3 Å². The first-order valence-corrected chi connectivity index (χ1v) is 8.00. The molecule has 0 bridgehead atoms. The van der Waals surface area contributed by atoms with Crippen LogP contribution in [-0.2, 0) is 0 Å². The van der Waals surface area contributed by atoms with Gasteiger partial charge < -0.3 is 4.74 Å².